The quantitative estimate of drug-likeness (QED) is 0.131. The zero-order chi connectivity index (χ0) is 28.6. The summed E-state index contributed by atoms with van der Waals surface area (Å²) in [6.45, 7) is 0.195. The van der Waals surface area contributed by atoms with Crippen LogP contribution in [0.15, 0.2) is 70.6 Å². The molecule has 0 saturated carbocycles. The molecule has 3 atom stereocenters. The van der Waals surface area contributed by atoms with Crippen LogP contribution in [-0.4, -0.2) is 64.0 Å². The first-order valence-corrected chi connectivity index (χ1v) is 13.9. The normalized spacial score (nSPS) is 18.4. The lowest BCUT2D eigenvalue weighted by molar-refractivity contribution is -0.140. The molecule has 11 nitrogen and oxygen atoms in total. The summed E-state index contributed by atoms with van der Waals surface area (Å²) in [5.41, 5.74) is 9.59. The van der Waals surface area contributed by atoms with Gasteiger partial charge < -0.3 is 26.6 Å². The van der Waals surface area contributed by atoms with Gasteiger partial charge in [-0.1, -0.05) is 36.4 Å². The average molecular weight is 558 g/mol. The number of aliphatic carboxylic acids is 1. The Kier molecular flexibility index (Phi) is 9.84. The number of carboxylic acids is 1. The van der Waals surface area contributed by atoms with Crippen LogP contribution in [0.2, 0.25) is 0 Å². The molecule has 7 N–H and O–H groups in total. The Bertz CT molecular complexity index is 1400. The van der Waals surface area contributed by atoms with Crippen LogP contribution < -0.4 is 26.2 Å². The number of sulfonamides is 1. The Hall–Kier alpha value is -3.74. The van der Waals surface area contributed by atoms with Crippen molar-refractivity contribution in [2.24, 2.45) is 21.9 Å². The standard InChI is InChI=1S/C27H35N5O6S/c1-30-23(25(34)35)17-27(12-4-3-5-13-27)24(33)22(7-6-14-31-26(28)29)32-39(36,37)21-11-9-18-8-10-20(38-2)15-19(18)16-21/h3-5,8-12,15-16,22-23,30,32H,6-7,13-14,17H2,1-2H3,(H,34,35)(H4,28,29,31)/t22-,23-,27?/m0/s1. The van der Waals surface area contributed by atoms with E-state index in [2.05, 4.69) is 15.0 Å². The number of hydrogen-bond acceptors (Lipinski definition) is 7. The molecule has 0 amide bonds. The Morgan fingerprint density at radius 1 is 1.13 bits per heavy atom. The van der Waals surface area contributed by atoms with Crippen LogP contribution in [0.5, 0.6) is 5.75 Å². The second-order valence-corrected chi connectivity index (χ2v) is 11.1. The van der Waals surface area contributed by atoms with Crippen molar-refractivity contribution in [3.63, 3.8) is 0 Å². The van der Waals surface area contributed by atoms with Crippen molar-refractivity contribution in [1.29, 1.82) is 0 Å². The number of likely N-dealkylation sites (N-methyl/N-ethyl adjacent to an activating group) is 1. The topological polar surface area (TPSA) is 186 Å². The number of nitrogens with two attached hydrogens (primary N) is 2. The number of benzene rings is 2. The van der Waals surface area contributed by atoms with Crippen LogP contribution in [0.25, 0.3) is 10.8 Å². The Morgan fingerprint density at radius 3 is 2.49 bits per heavy atom. The molecule has 0 bridgehead atoms. The number of fused-ring (bicyclic) bond motifs is 1. The molecular formula is C27H35N5O6S. The van der Waals surface area contributed by atoms with Gasteiger partial charge in [0.05, 0.1) is 23.5 Å². The summed E-state index contributed by atoms with van der Waals surface area (Å²) in [5, 5.41) is 13.9. The summed E-state index contributed by atoms with van der Waals surface area (Å²) in [5.74, 6) is -1.07. The molecule has 0 saturated heterocycles. The molecule has 2 aromatic rings. The third-order valence-corrected chi connectivity index (χ3v) is 8.21. The lowest BCUT2D eigenvalue weighted by Gasteiger charge is -2.35. The van der Waals surface area contributed by atoms with Gasteiger partial charge in [0.1, 0.15) is 11.8 Å². The molecule has 0 fully saturated rings. The zero-order valence-electron chi connectivity index (χ0n) is 22.0. The van der Waals surface area contributed by atoms with Gasteiger partial charge in [-0.15, -0.1) is 0 Å². The number of carboxylic acid groups (broad SMARTS) is 1. The fraction of sp³-hybridized carbons (Fsp3) is 0.370. The number of ether oxygens (including phenoxy) is 1. The van der Waals surface area contributed by atoms with Crippen LogP contribution in [0.3, 0.4) is 0 Å². The molecule has 0 heterocycles. The molecule has 0 aromatic heterocycles. The van der Waals surface area contributed by atoms with E-state index in [0.29, 0.717) is 17.6 Å². The SMILES string of the molecule is CN[C@@H](CC1(C(=O)[C@H](CCCN=C(N)N)NS(=O)(=O)c2ccc3ccc(OC)cc3c2)C=CC=CC1)C(=O)O. The van der Waals surface area contributed by atoms with E-state index in [1.165, 1.54) is 26.3 Å². The number of Topliss-reactive ketones (excluding diaryl/α,β-unsaturated/α-hetero) is 1. The highest BCUT2D eigenvalue weighted by molar-refractivity contribution is 7.89. The highest BCUT2D eigenvalue weighted by Gasteiger charge is 2.43. The molecule has 1 unspecified atom stereocenters. The van der Waals surface area contributed by atoms with E-state index in [4.69, 9.17) is 16.2 Å². The highest BCUT2D eigenvalue weighted by atomic mass is 32.2. The first kappa shape index (κ1) is 29.8. The van der Waals surface area contributed by atoms with Crippen molar-refractivity contribution >= 4 is 38.5 Å². The van der Waals surface area contributed by atoms with Gasteiger partial charge in [-0.05, 0) is 67.8 Å². The summed E-state index contributed by atoms with van der Waals surface area (Å²) in [7, 11) is -1.13. The molecule has 210 valence electrons. The molecule has 3 rings (SSSR count). The van der Waals surface area contributed by atoms with Crippen molar-refractivity contribution in [3.8, 4) is 5.75 Å². The second kappa shape index (κ2) is 12.9. The molecular weight excluding hydrogens is 522 g/mol. The van der Waals surface area contributed by atoms with E-state index in [-0.39, 0.29) is 36.7 Å². The van der Waals surface area contributed by atoms with E-state index >= 15 is 0 Å². The number of aliphatic imine (C=N–C) groups is 1. The summed E-state index contributed by atoms with van der Waals surface area (Å²) >= 11 is 0. The van der Waals surface area contributed by atoms with E-state index in [1.807, 2.05) is 6.07 Å². The van der Waals surface area contributed by atoms with Crippen LogP contribution in [0.1, 0.15) is 25.7 Å². The molecule has 0 radical (unpaired) electrons. The number of guanidine groups is 1. The van der Waals surface area contributed by atoms with E-state index in [1.54, 1.807) is 42.5 Å². The minimum absolute atomic E-state index is 0.0166. The second-order valence-electron chi connectivity index (χ2n) is 9.39. The fourth-order valence-corrected chi connectivity index (χ4v) is 5.89. The van der Waals surface area contributed by atoms with Gasteiger partial charge >= 0.3 is 5.97 Å². The maximum atomic E-state index is 14.1. The minimum Gasteiger partial charge on any atom is -0.497 e. The highest BCUT2D eigenvalue weighted by Crippen LogP contribution is 2.36. The number of nitrogens with one attached hydrogen (secondary N) is 2. The van der Waals surface area contributed by atoms with Crippen molar-refractivity contribution in [2.45, 2.75) is 42.7 Å². The largest absolute Gasteiger partial charge is 0.497 e. The fourth-order valence-electron chi connectivity index (χ4n) is 4.62. The molecule has 0 aliphatic heterocycles. The molecule has 2 aromatic carbocycles. The Balaban J connectivity index is 1.97. The smallest absolute Gasteiger partial charge is 0.320 e. The number of methoxy groups -OCH3 is 1. The van der Waals surface area contributed by atoms with Crippen LogP contribution in [0.4, 0.5) is 0 Å². The lowest BCUT2D eigenvalue weighted by atomic mass is 9.70. The average Bonchev–Trinajstić information content (AvgIpc) is 2.92. The summed E-state index contributed by atoms with van der Waals surface area (Å²) in [6, 6.07) is 7.82. The number of carbonyl (C=O) groups is 2. The lowest BCUT2D eigenvalue weighted by Crippen LogP contribution is -2.51. The predicted octanol–water partition coefficient (Wildman–Crippen LogP) is 1.68. The van der Waals surface area contributed by atoms with Gasteiger partial charge in [0.15, 0.2) is 11.7 Å². The van der Waals surface area contributed by atoms with Crippen LogP contribution in [0, 0.1) is 5.41 Å². The predicted molar refractivity (Wildman–Crippen MR) is 150 cm³/mol. The summed E-state index contributed by atoms with van der Waals surface area (Å²) in [4.78, 5) is 29.8. The third-order valence-electron chi connectivity index (χ3n) is 6.74. The number of hydrogen-bond donors (Lipinski definition) is 5. The monoisotopic (exact) mass is 557 g/mol. The zero-order valence-corrected chi connectivity index (χ0v) is 22.8. The van der Waals surface area contributed by atoms with Gasteiger partial charge in [0.2, 0.25) is 10.0 Å². The summed E-state index contributed by atoms with van der Waals surface area (Å²) in [6.07, 6.45) is 7.47. The number of rotatable bonds is 14. The Labute approximate surface area is 228 Å². The van der Waals surface area contributed by atoms with Crippen molar-refractivity contribution < 1.29 is 27.9 Å². The van der Waals surface area contributed by atoms with Gasteiger partial charge in [-0.3, -0.25) is 14.6 Å². The van der Waals surface area contributed by atoms with Gasteiger partial charge in [-0.25, -0.2) is 13.1 Å². The van der Waals surface area contributed by atoms with Crippen LogP contribution >= 0.6 is 0 Å². The number of carbonyl (C=O) groups excluding carboxylic acids is 1. The number of ketones is 1. The van der Waals surface area contributed by atoms with Gasteiger partial charge in [-0.2, -0.15) is 0 Å². The third kappa shape index (κ3) is 7.43. The Morgan fingerprint density at radius 2 is 1.87 bits per heavy atom. The van der Waals surface area contributed by atoms with Crippen molar-refractivity contribution in [1.82, 2.24) is 10.0 Å². The molecule has 12 heteroatoms. The van der Waals surface area contributed by atoms with E-state index in [9.17, 15) is 23.1 Å². The van der Waals surface area contributed by atoms with Crippen molar-refractivity contribution in [2.75, 3.05) is 20.7 Å². The summed E-state index contributed by atoms with van der Waals surface area (Å²) < 4.78 is 35.0. The van der Waals surface area contributed by atoms with Crippen molar-refractivity contribution in [3.05, 3.63) is 60.7 Å². The van der Waals surface area contributed by atoms with Gasteiger partial charge in [0, 0.05) is 6.54 Å². The van der Waals surface area contributed by atoms with E-state index in [0.717, 1.165) is 5.39 Å². The molecule has 1 aliphatic carbocycles. The first-order valence-electron chi connectivity index (χ1n) is 12.5. The molecule has 39 heavy (non-hydrogen) atoms. The maximum Gasteiger partial charge on any atom is 0.320 e. The van der Waals surface area contributed by atoms with E-state index < -0.39 is 39.3 Å². The molecule has 0 spiro atoms. The molecule has 1 aliphatic rings. The van der Waals surface area contributed by atoms with Gasteiger partial charge in [0.25, 0.3) is 0 Å². The minimum atomic E-state index is -4.16. The maximum absolute atomic E-state index is 14.1. The number of allylic oxidation sites excluding steroid dienone is 4. The number of nitrogens with zero attached hydrogens (tertiary/aromatic N) is 1. The first-order chi connectivity index (χ1) is 18.5. The van der Waals surface area contributed by atoms with Crippen LogP contribution in [-0.2, 0) is 19.6 Å².